The highest BCUT2D eigenvalue weighted by Gasteiger charge is 2.30. The highest BCUT2D eigenvalue weighted by Crippen LogP contribution is 2.17. The monoisotopic (exact) mass is 141 g/mol. The molecule has 0 aliphatic carbocycles. The maximum absolute atomic E-state index is 4.95. The van der Waals surface area contributed by atoms with Gasteiger partial charge in [-0.3, -0.25) is 4.52 Å². The second kappa shape index (κ2) is 1.97. The molecule has 0 spiro atoms. The molecule has 1 aliphatic rings. The molecule has 0 saturated carbocycles. The van der Waals surface area contributed by atoms with Crippen LogP contribution in [0.5, 0.6) is 5.95 Å². The number of rotatable bonds is 1. The van der Waals surface area contributed by atoms with E-state index >= 15 is 0 Å². The lowest BCUT2D eigenvalue weighted by Crippen LogP contribution is -2.33. The zero-order valence-electron chi connectivity index (χ0n) is 5.83. The molecule has 0 aromatic carbocycles. The lowest BCUT2D eigenvalue weighted by Gasteiger charge is -1.85. The highest BCUT2D eigenvalue weighted by atomic mass is 16.6. The van der Waals surface area contributed by atoms with Gasteiger partial charge in [0, 0.05) is 12.8 Å². The van der Waals surface area contributed by atoms with Crippen molar-refractivity contribution >= 4 is 0 Å². The number of methoxy groups -OCH3 is 1. The predicted molar refractivity (Wildman–Crippen MR) is 31.6 cm³/mol. The molecule has 10 heavy (non-hydrogen) atoms. The number of aryl methyl sites for hydroxylation is 1. The predicted octanol–water partition coefficient (Wildman–Crippen LogP) is -0.0831. The first-order valence-corrected chi connectivity index (χ1v) is 3.34. The molecule has 0 unspecified atom stereocenters. The number of hydrogen-bond donors (Lipinski definition) is 0. The largest absolute Gasteiger partial charge is 0.462 e. The van der Waals surface area contributed by atoms with Gasteiger partial charge in [-0.1, -0.05) is 0 Å². The quantitative estimate of drug-likeness (QED) is 0.513. The molecule has 0 N–H and O–H groups in total. The van der Waals surface area contributed by atoms with Crippen molar-refractivity contribution in [1.82, 2.24) is 5.27 Å². The van der Waals surface area contributed by atoms with Gasteiger partial charge in [0.05, 0.1) is 7.11 Å². The first-order valence-electron chi connectivity index (χ1n) is 3.34. The summed E-state index contributed by atoms with van der Waals surface area (Å²) in [7, 11) is 1.60. The van der Waals surface area contributed by atoms with E-state index in [0.717, 1.165) is 25.1 Å². The summed E-state index contributed by atoms with van der Waals surface area (Å²) >= 11 is 0. The van der Waals surface area contributed by atoms with Crippen molar-refractivity contribution in [1.29, 1.82) is 0 Å². The van der Waals surface area contributed by atoms with Crippen molar-refractivity contribution in [3.05, 3.63) is 5.69 Å². The average Bonchev–Trinajstić information content (AvgIpc) is 2.44. The molecule has 1 aromatic rings. The first kappa shape index (κ1) is 5.70. The number of hydrogen-bond acceptors (Lipinski definition) is 3. The van der Waals surface area contributed by atoms with Crippen LogP contribution in [0.1, 0.15) is 12.1 Å². The Kier molecular flexibility index (Phi) is 1.12. The Labute approximate surface area is 58.4 Å². The third-order valence-corrected chi connectivity index (χ3v) is 1.74. The number of ether oxygens (including phenoxy) is 1. The molecule has 0 radical (unpaired) electrons. The summed E-state index contributed by atoms with van der Waals surface area (Å²) in [6.45, 7) is 0.961. The number of nitrogens with zero attached hydrogens (tertiary/aromatic N) is 2. The van der Waals surface area contributed by atoms with Gasteiger partial charge < -0.3 is 4.74 Å². The molecule has 0 bridgehead atoms. The minimum atomic E-state index is 0.567. The molecule has 54 valence electrons. The summed E-state index contributed by atoms with van der Waals surface area (Å²) < 4.78 is 11.7. The van der Waals surface area contributed by atoms with Crippen molar-refractivity contribution in [2.75, 3.05) is 7.11 Å². The summed E-state index contributed by atoms with van der Waals surface area (Å²) in [5.41, 5.74) is 1.09. The van der Waals surface area contributed by atoms with Gasteiger partial charge in [-0.2, -0.15) is 0 Å². The Hall–Kier alpha value is -1.06. The molecule has 0 saturated heterocycles. The van der Waals surface area contributed by atoms with Crippen LogP contribution in [0, 0.1) is 0 Å². The summed E-state index contributed by atoms with van der Waals surface area (Å²) in [5, 5.41) is 3.78. The second-order valence-electron chi connectivity index (χ2n) is 2.34. The number of fused-ring (bicyclic) bond motifs is 1. The van der Waals surface area contributed by atoms with Gasteiger partial charge >= 0.3 is 5.95 Å². The van der Waals surface area contributed by atoms with E-state index in [2.05, 4.69) is 5.27 Å². The molecule has 2 rings (SSSR count). The van der Waals surface area contributed by atoms with Crippen molar-refractivity contribution < 1.29 is 13.9 Å². The number of aromatic nitrogens is 2. The normalized spacial score (nSPS) is 15.3. The molecule has 4 heteroatoms. The summed E-state index contributed by atoms with van der Waals surface area (Å²) in [4.78, 5) is 0. The summed E-state index contributed by atoms with van der Waals surface area (Å²) in [5.74, 6) is 0.567. The molecule has 1 aliphatic heterocycles. The van der Waals surface area contributed by atoms with Gasteiger partial charge in [0.2, 0.25) is 5.27 Å². The summed E-state index contributed by atoms with van der Waals surface area (Å²) in [6, 6.07) is 0. The fourth-order valence-corrected chi connectivity index (χ4v) is 1.25. The first-order chi connectivity index (χ1) is 4.92. The fourth-order valence-electron chi connectivity index (χ4n) is 1.25. The van der Waals surface area contributed by atoms with Gasteiger partial charge in [-0.05, 0) is 4.68 Å². The lowest BCUT2D eigenvalue weighted by molar-refractivity contribution is -0.756. The van der Waals surface area contributed by atoms with Gasteiger partial charge in [0.25, 0.3) is 5.69 Å². The van der Waals surface area contributed by atoms with E-state index in [9.17, 15) is 0 Å². The lowest BCUT2D eigenvalue weighted by atomic mass is 10.3. The molecular formula is C6H9N2O2+. The van der Waals surface area contributed by atoms with E-state index in [-0.39, 0.29) is 0 Å². The van der Waals surface area contributed by atoms with Crippen LogP contribution in [0.15, 0.2) is 4.52 Å². The Morgan fingerprint density at radius 3 is 3.40 bits per heavy atom. The van der Waals surface area contributed by atoms with Gasteiger partial charge in [0.1, 0.15) is 0 Å². The van der Waals surface area contributed by atoms with Crippen molar-refractivity contribution in [2.24, 2.45) is 0 Å². The van der Waals surface area contributed by atoms with E-state index < -0.39 is 0 Å². The molecule has 0 atom stereocenters. The van der Waals surface area contributed by atoms with Crippen molar-refractivity contribution in [3.63, 3.8) is 0 Å². The fraction of sp³-hybridized carbons (Fsp3) is 0.667. The third-order valence-electron chi connectivity index (χ3n) is 1.74. The topological polar surface area (TPSA) is 39.1 Å². The van der Waals surface area contributed by atoms with E-state index in [1.807, 2.05) is 4.68 Å². The molecule has 1 aromatic heterocycles. The second-order valence-corrected chi connectivity index (χ2v) is 2.34. The summed E-state index contributed by atoms with van der Waals surface area (Å²) in [6.07, 6.45) is 2.17. The van der Waals surface area contributed by atoms with Crippen LogP contribution in [0.25, 0.3) is 0 Å². The van der Waals surface area contributed by atoms with Crippen LogP contribution in [0.3, 0.4) is 0 Å². The van der Waals surface area contributed by atoms with Gasteiger partial charge in [0.15, 0.2) is 6.54 Å². The van der Waals surface area contributed by atoms with Crippen LogP contribution in [0.4, 0.5) is 0 Å². The zero-order valence-corrected chi connectivity index (χ0v) is 5.83. The van der Waals surface area contributed by atoms with E-state index in [1.54, 1.807) is 7.11 Å². The Bertz CT molecular complexity index is 244. The molecule has 0 amide bonds. The van der Waals surface area contributed by atoms with Crippen LogP contribution in [-0.2, 0) is 13.0 Å². The van der Waals surface area contributed by atoms with Gasteiger partial charge in [-0.25, -0.2) is 0 Å². The minimum Gasteiger partial charge on any atom is -0.462 e. The zero-order chi connectivity index (χ0) is 6.97. The molecular weight excluding hydrogens is 132 g/mol. The maximum atomic E-state index is 4.95. The Morgan fingerprint density at radius 1 is 1.70 bits per heavy atom. The highest BCUT2D eigenvalue weighted by molar-refractivity contribution is 5.08. The molecule has 4 nitrogen and oxygen atoms in total. The smallest absolute Gasteiger partial charge is 0.386 e. The van der Waals surface area contributed by atoms with Crippen LogP contribution in [0.2, 0.25) is 0 Å². The van der Waals surface area contributed by atoms with Crippen molar-refractivity contribution in [2.45, 2.75) is 19.4 Å². The maximum Gasteiger partial charge on any atom is 0.386 e. The standard InChI is InChI=1S/C6H9N2O2/c1-9-6-5-3-2-4-8(5)7-10-6/h2-4H2,1H3/q+1. The van der Waals surface area contributed by atoms with E-state index in [1.165, 1.54) is 0 Å². The Balaban J connectivity index is 2.44. The average molecular weight is 141 g/mol. The third kappa shape index (κ3) is 0.616. The van der Waals surface area contributed by atoms with Crippen LogP contribution >= 0.6 is 0 Å². The Morgan fingerprint density at radius 2 is 2.60 bits per heavy atom. The van der Waals surface area contributed by atoms with Crippen molar-refractivity contribution in [3.8, 4) is 5.95 Å². The van der Waals surface area contributed by atoms with Crippen LogP contribution < -0.4 is 9.42 Å². The minimum absolute atomic E-state index is 0.567. The molecule has 2 heterocycles. The van der Waals surface area contributed by atoms with Gasteiger partial charge in [-0.15, -0.1) is 0 Å². The van der Waals surface area contributed by atoms with Crippen LogP contribution in [-0.4, -0.2) is 12.4 Å². The van der Waals surface area contributed by atoms with E-state index in [4.69, 9.17) is 9.26 Å². The molecule has 0 fully saturated rings. The van der Waals surface area contributed by atoms with E-state index in [0.29, 0.717) is 5.95 Å². The SMILES string of the molecule is COc1on[n+]2c1CCC2.